The van der Waals surface area contributed by atoms with E-state index in [2.05, 4.69) is 19.6 Å². The second-order valence-corrected chi connectivity index (χ2v) is 9.07. The molecule has 0 saturated heterocycles. The summed E-state index contributed by atoms with van der Waals surface area (Å²) in [7, 11) is 0. The predicted octanol–water partition coefficient (Wildman–Crippen LogP) is 7.31. The fourth-order valence-corrected chi connectivity index (χ4v) is 5.09. The lowest BCUT2D eigenvalue weighted by atomic mass is 9.75. The Balaban J connectivity index is 2.27. The van der Waals surface area contributed by atoms with E-state index in [4.69, 9.17) is 23.2 Å². The average molecular weight is 470 g/mol. The average Bonchev–Trinajstić information content (AvgIpc) is 2.78. The molecule has 1 heterocycles. The van der Waals surface area contributed by atoms with Crippen LogP contribution in [0.25, 0.3) is 0 Å². The van der Waals surface area contributed by atoms with Gasteiger partial charge in [0.05, 0.1) is 6.04 Å². The molecule has 5 heteroatoms. The Morgan fingerprint density at radius 1 is 1.09 bits per heavy atom. The van der Waals surface area contributed by atoms with Crippen molar-refractivity contribution in [2.75, 3.05) is 0 Å². The molecule has 1 aliphatic rings. The largest absolute Gasteiger partial charge is 0.328 e. The highest BCUT2D eigenvalue weighted by molar-refractivity contribution is 6.30. The first-order chi connectivity index (χ1) is 15.4. The smallest absolute Gasteiger partial charge is 0.250 e. The van der Waals surface area contributed by atoms with Crippen molar-refractivity contribution in [1.29, 1.82) is 0 Å². The number of carbonyl (C=O) groups is 2. The van der Waals surface area contributed by atoms with E-state index in [-0.39, 0.29) is 23.9 Å². The Hall–Kier alpha value is -2.36. The SMILES string of the molecule is C=CCC1=C(C)[C@H](c2cccc(Cl)c2)[C@@H](c2ccc(Cl)cc2)N([C@@H](CC)CCC=O)C1=O. The summed E-state index contributed by atoms with van der Waals surface area (Å²) in [6.45, 7) is 7.98. The lowest BCUT2D eigenvalue weighted by Crippen LogP contribution is -2.48. The van der Waals surface area contributed by atoms with Gasteiger partial charge in [0.25, 0.3) is 5.91 Å². The van der Waals surface area contributed by atoms with E-state index in [0.717, 1.165) is 35.0 Å². The lowest BCUT2D eigenvalue weighted by Gasteiger charge is -2.47. The van der Waals surface area contributed by atoms with Crippen LogP contribution in [0.2, 0.25) is 10.0 Å². The number of benzene rings is 2. The summed E-state index contributed by atoms with van der Waals surface area (Å²) in [4.78, 5) is 27.0. The van der Waals surface area contributed by atoms with Gasteiger partial charge >= 0.3 is 0 Å². The Labute approximate surface area is 200 Å². The third kappa shape index (κ3) is 5.00. The van der Waals surface area contributed by atoms with E-state index in [0.29, 0.717) is 29.3 Å². The minimum Gasteiger partial charge on any atom is -0.328 e. The molecule has 1 amide bonds. The molecular formula is C27H29Cl2NO2. The molecule has 0 aromatic heterocycles. The van der Waals surface area contributed by atoms with Crippen LogP contribution in [0, 0.1) is 0 Å². The van der Waals surface area contributed by atoms with E-state index in [1.807, 2.05) is 54.3 Å². The van der Waals surface area contributed by atoms with Gasteiger partial charge in [-0.15, -0.1) is 6.58 Å². The van der Waals surface area contributed by atoms with Gasteiger partial charge in [-0.3, -0.25) is 4.79 Å². The first-order valence-corrected chi connectivity index (χ1v) is 11.8. The standard InChI is InChI=1S/C27H29Cl2NO2/c1-4-8-24-18(3)25(20-9-6-10-22(29)17-20)26(19-12-14-21(28)15-13-19)30(27(24)32)23(5-2)11-7-16-31/h4,6,9-10,12-17,23,25-26H,1,5,7-8,11H2,2-3H3/t23-,25+,26+/m0/s1. The molecule has 2 aromatic carbocycles. The van der Waals surface area contributed by atoms with Crippen molar-refractivity contribution < 1.29 is 9.59 Å². The Morgan fingerprint density at radius 3 is 2.41 bits per heavy atom. The van der Waals surface area contributed by atoms with Crippen LogP contribution in [-0.2, 0) is 9.59 Å². The zero-order valence-corrected chi connectivity index (χ0v) is 20.1. The molecule has 0 bridgehead atoms. The van der Waals surface area contributed by atoms with Crippen molar-refractivity contribution in [3.8, 4) is 0 Å². The second-order valence-electron chi connectivity index (χ2n) is 8.20. The first-order valence-electron chi connectivity index (χ1n) is 11.0. The highest BCUT2D eigenvalue weighted by atomic mass is 35.5. The summed E-state index contributed by atoms with van der Waals surface area (Å²) in [6, 6.07) is 15.2. The van der Waals surface area contributed by atoms with Gasteiger partial charge in [0.1, 0.15) is 6.29 Å². The maximum absolute atomic E-state index is 13.9. The van der Waals surface area contributed by atoms with Gasteiger partial charge in [-0.1, -0.05) is 66.0 Å². The highest BCUT2D eigenvalue weighted by Gasteiger charge is 2.43. The summed E-state index contributed by atoms with van der Waals surface area (Å²) >= 11 is 12.6. The van der Waals surface area contributed by atoms with Crippen LogP contribution in [0.5, 0.6) is 0 Å². The van der Waals surface area contributed by atoms with Gasteiger partial charge in [0, 0.05) is 34.0 Å². The molecule has 2 aromatic rings. The number of rotatable bonds is 9. The molecule has 1 aliphatic heterocycles. The fourth-order valence-electron chi connectivity index (χ4n) is 4.77. The number of halogens is 2. The molecule has 3 nitrogen and oxygen atoms in total. The first kappa shape index (κ1) is 24.3. The van der Waals surface area contributed by atoms with Crippen molar-refractivity contribution in [2.24, 2.45) is 0 Å². The summed E-state index contributed by atoms with van der Waals surface area (Å²) in [5, 5.41) is 1.31. The predicted molar refractivity (Wildman–Crippen MR) is 132 cm³/mol. The maximum Gasteiger partial charge on any atom is 0.250 e. The number of amides is 1. The molecule has 0 spiro atoms. The summed E-state index contributed by atoms with van der Waals surface area (Å²) in [5.74, 6) is -0.0637. The van der Waals surface area contributed by atoms with Crippen molar-refractivity contribution in [3.05, 3.63) is 93.5 Å². The van der Waals surface area contributed by atoms with E-state index in [1.54, 1.807) is 6.08 Å². The Kier molecular flexibility index (Phi) is 8.33. The monoisotopic (exact) mass is 469 g/mol. The normalized spacial score (nSPS) is 19.8. The molecule has 0 saturated carbocycles. The number of hydrogen-bond acceptors (Lipinski definition) is 2. The van der Waals surface area contributed by atoms with Gasteiger partial charge < -0.3 is 9.69 Å². The van der Waals surface area contributed by atoms with E-state index < -0.39 is 0 Å². The second kappa shape index (κ2) is 11.0. The third-order valence-electron chi connectivity index (χ3n) is 6.30. The summed E-state index contributed by atoms with van der Waals surface area (Å²) < 4.78 is 0. The maximum atomic E-state index is 13.9. The molecule has 0 N–H and O–H groups in total. The molecule has 3 atom stereocenters. The Morgan fingerprint density at radius 2 is 1.81 bits per heavy atom. The number of carbonyl (C=O) groups excluding carboxylic acids is 2. The molecule has 168 valence electrons. The van der Waals surface area contributed by atoms with Crippen molar-refractivity contribution in [1.82, 2.24) is 4.90 Å². The topological polar surface area (TPSA) is 37.4 Å². The summed E-state index contributed by atoms with van der Waals surface area (Å²) in [6.07, 6.45) is 4.99. The third-order valence-corrected chi connectivity index (χ3v) is 6.79. The van der Waals surface area contributed by atoms with Crippen LogP contribution < -0.4 is 0 Å². The molecule has 0 fully saturated rings. The van der Waals surface area contributed by atoms with Crippen molar-refractivity contribution >= 4 is 35.4 Å². The molecule has 0 aliphatic carbocycles. The fraction of sp³-hybridized carbons (Fsp3) is 0.333. The molecule has 32 heavy (non-hydrogen) atoms. The van der Waals surface area contributed by atoms with Crippen LogP contribution in [0.4, 0.5) is 0 Å². The van der Waals surface area contributed by atoms with E-state index >= 15 is 0 Å². The molecular weight excluding hydrogens is 441 g/mol. The van der Waals surface area contributed by atoms with Gasteiger partial charge in [0.15, 0.2) is 0 Å². The molecule has 0 unspecified atom stereocenters. The molecule has 0 radical (unpaired) electrons. The quantitative estimate of drug-likeness (QED) is 0.285. The lowest BCUT2D eigenvalue weighted by molar-refractivity contribution is -0.134. The van der Waals surface area contributed by atoms with Gasteiger partial charge in [-0.25, -0.2) is 0 Å². The van der Waals surface area contributed by atoms with E-state index in [9.17, 15) is 9.59 Å². The number of allylic oxidation sites excluding steroid dienone is 1. The zero-order chi connectivity index (χ0) is 23.3. The number of aldehydes is 1. The van der Waals surface area contributed by atoms with Crippen LogP contribution in [-0.4, -0.2) is 23.1 Å². The van der Waals surface area contributed by atoms with Crippen LogP contribution in [0.15, 0.2) is 72.3 Å². The zero-order valence-electron chi connectivity index (χ0n) is 18.6. The number of nitrogens with zero attached hydrogens (tertiary/aromatic N) is 1. The summed E-state index contributed by atoms with van der Waals surface area (Å²) in [5.41, 5.74) is 3.85. The minimum atomic E-state index is -0.233. The minimum absolute atomic E-state index is 0.0124. The van der Waals surface area contributed by atoms with Crippen molar-refractivity contribution in [3.63, 3.8) is 0 Å². The highest BCUT2D eigenvalue weighted by Crippen LogP contribution is 2.48. The van der Waals surface area contributed by atoms with Gasteiger partial charge in [0.2, 0.25) is 0 Å². The van der Waals surface area contributed by atoms with E-state index in [1.165, 1.54) is 0 Å². The van der Waals surface area contributed by atoms with Crippen LogP contribution in [0.1, 0.15) is 62.6 Å². The van der Waals surface area contributed by atoms with Gasteiger partial charge in [-0.2, -0.15) is 0 Å². The van der Waals surface area contributed by atoms with Crippen LogP contribution in [0.3, 0.4) is 0 Å². The van der Waals surface area contributed by atoms with Crippen molar-refractivity contribution in [2.45, 2.75) is 57.5 Å². The Bertz CT molecular complexity index is 1010. The van der Waals surface area contributed by atoms with Gasteiger partial charge in [-0.05, 0) is 61.6 Å². The number of hydrogen-bond donors (Lipinski definition) is 0. The molecule has 3 rings (SSSR count). The van der Waals surface area contributed by atoms with Crippen LogP contribution >= 0.6 is 23.2 Å².